The van der Waals surface area contributed by atoms with Crippen molar-refractivity contribution in [3.8, 4) is 0 Å². The molecule has 5 nitrogen and oxygen atoms in total. The Kier molecular flexibility index (Phi) is 5.97. The van der Waals surface area contributed by atoms with Crippen molar-refractivity contribution in [2.75, 3.05) is 6.61 Å². The number of hydrogen-bond acceptors (Lipinski definition) is 3. The monoisotopic (exact) mass is 242 g/mol. The summed E-state index contributed by atoms with van der Waals surface area (Å²) in [5.41, 5.74) is 0. The molecule has 0 radical (unpaired) electrons. The minimum Gasteiger partial charge on any atom is -0.394 e. The number of carbonyl (C=O) groups excluding carboxylic acids is 2. The van der Waals surface area contributed by atoms with Gasteiger partial charge in [0.25, 0.3) is 0 Å². The predicted octanol–water partition coefficient (Wildman–Crippen LogP) is 0.322. The number of aliphatic hydroxyl groups excluding tert-OH is 1. The van der Waals surface area contributed by atoms with Gasteiger partial charge < -0.3 is 15.7 Å². The van der Waals surface area contributed by atoms with Gasteiger partial charge >= 0.3 is 11.8 Å². The zero-order chi connectivity index (χ0) is 12.7. The molecule has 0 saturated heterocycles. The summed E-state index contributed by atoms with van der Waals surface area (Å²) in [5, 5.41) is 14.2. The van der Waals surface area contributed by atoms with Crippen LogP contribution in [0.2, 0.25) is 0 Å². The molecular formula is C12H22N2O3. The topological polar surface area (TPSA) is 78.4 Å². The quantitative estimate of drug-likeness (QED) is 0.621. The molecular weight excluding hydrogens is 220 g/mol. The van der Waals surface area contributed by atoms with E-state index in [1.165, 1.54) is 6.42 Å². The minimum absolute atomic E-state index is 0.135. The number of amides is 2. The van der Waals surface area contributed by atoms with E-state index in [4.69, 9.17) is 5.11 Å². The Balaban J connectivity index is 2.32. The maximum absolute atomic E-state index is 11.6. The third-order valence-corrected chi connectivity index (χ3v) is 3.20. The molecule has 0 unspecified atom stereocenters. The van der Waals surface area contributed by atoms with Gasteiger partial charge in [0, 0.05) is 6.04 Å². The average Bonchev–Trinajstić information content (AvgIpc) is 2.36. The second-order valence-corrected chi connectivity index (χ2v) is 4.57. The van der Waals surface area contributed by atoms with Crippen molar-refractivity contribution >= 4 is 11.8 Å². The van der Waals surface area contributed by atoms with Gasteiger partial charge in [0.05, 0.1) is 12.6 Å². The van der Waals surface area contributed by atoms with Crippen molar-refractivity contribution in [3.63, 3.8) is 0 Å². The Morgan fingerprint density at radius 2 is 1.88 bits per heavy atom. The van der Waals surface area contributed by atoms with E-state index in [9.17, 15) is 9.59 Å². The van der Waals surface area contributed by atoms with Crippen LogP contribution in [-0.4, -0.2) is 35.6 Å². The molecule has 0 bridgehead atoms. The molecule has 5 heteroatoms. The van der Waals surface area contributed by atoms with Gasteiger partial charge in [-0.2, -0.15) is 0 Å². The van der Waals surface area contributed by atoms with Crippen molar-refractivity contribution in [1.82, 2.24) is 10.6 Å². The number of carbonyl (C=O) groups is 2. The summed E-state index contributed by atoms with van der Waals surface area (Å²) < 4.78 is 0. The molecule has 3 N–H and O–H groups in total. The molecule has 0 spiro atoms. The van der Waals surface area contributed by atoms with E-state index in [1.807, 2.05) is 6.92 Å². The van der Waals surface area contributed by atoms with Gasteiger partial charge in [-0.3, -0.25) is 9.59 Å². The van der Waals surface area contributed by atoms with Crippen LogP contribution >= 0.6 is 0 Å². The Hall–Kier alpha value is -1.10. The third-order valence-electron chi connectivity index (χ3n) is 3.20. The first-order valence-electron chi connectivity index (χ1n) is 6.39. The summed E-state index contributed by atoms with van der Waals surface area (Å²) in [7, 11) is 0. The Morgan fingerprint density at radius 1 is 1.24 bits per heavy atom. The summed E-state index contributed by atoms with van der Waals surface area (Å²) in [6.07, 6.45) is 5.95. The van der Waals surface area contributed by atoms with E-state index in [-0.39, 0.29) is 18.7 Å². The summed E-state index contributed by atoms with van der Waals surface area (Å²) in [4.78, 5) is 23.1. The molecule has 0 aliphatic heterocycles. The number of hydrogen-bond donors (Lipinski definition) is 3. The number of nitrogens with one attached hydrogen (secondary N) is 2. The fourth-order valence-electron chi connectivity index (χ4n) is 2.03. The van der Waals surface area contributed by atoms with Crippen LogP contribution in [-0.2, 0) is 9.59 Å². The summed E-state index contributed by atoms with van der Waals surface area (Å²) in [6.45, 7) is 1.71. The molecule has 0 heterocycles. The van der Waals surface area contributed by atoms with Gasteiger partial charge in [0.15, 0.2) is 0 Å². The SMILES string of the molecule is CC[C@H](CO)NC(=O)C(=O)NC1CCCCC1. The smallest absolute Gasteiger partial charge is 0.309 e. The van der Waals surface area contributed by atoms with Crippen molar-refractivity contribution in [1.29, 1.82) is 0 Å². The molecule has 2 amide bonds. The molecule has 98 valence electrons. The maximum atomic E-state index is 11.6. The normalized spacial score (nSPS) is 18.5. The van der Waals surface area contributed by atoms with Gasteiger partial charge in [-0.15, -0.1) is 0 Å². The Bertz CT molecular complexity index is 258. The van der Waals surface area contributed by atoms with E-state index in [1.54, 1.807) is 0 Å². The lowest BCUT2D eigenvalue weighted by atomic mass is 9.95. The fraction of sp³-hybridized carbons (Fsp3) is 0.833. The maximum Gasteiger partial charge on any atom is 0.309 e. The zero-order valence-corrected chi connectivity index (χ0v) is 10.4. The lowest BCUT2D eigenvalue weighted by molar-refractivity contribution is -0.140. The van der Waals surface area contributed by atoms with Crippen LogP contribution < -0.4 is 10.6 Å². The van der Waals surface area contributed by atoms with Crippen LogP contribution in [0.3, 0.4) is 0 Å². The molecule has 1 atom stereocenters. The van der Waals surface area contributed by atoms with Gasteiger partial charge in [-0.1, -0.05) is 26.2 Å². The van der Waals surface area contributed by atoms with Crippen molar-refractivity contribution in [2.45, 2.75) is 57.5 Å². The molecule has 0 aromatic heterocycles. The molecule has 1 aliphatic rings. The van der Waals surface area contributed by atoms with Crippen LogP contribution in [0, 0.1) is 0 Å². The van der Waals surface area contributed by atoms with Crippen molar-refractivity contribution in [2.24, 2.45) is 0 Å². The van der Waals surface area contributed by atoms with Crippen LogP contribution in [0.5, 0.6) is 0 Å². The first kappa shape index (κ1) is 14.0. The molecule has 17 heavy (non-hydrogen) atoms. The Morgan fingerprint density at radius 3 is 2.41 bits per heavy atom. The van der Waals surface area contributed by atoms with E-state index < -0.39 is 11.8 Å². The predicted molar refractivity (Wildman–Crippen MR) is 64.3 cm³/mol. The van der Waals surface area contributed by atoms with E-state index >= 15 is 0 Å². The highest BCUT2D eigenvalue weighted by Crippen LogP contribution is 2.17. The largest absolute Gasteiger partial charge is 0.394 e. The summed E-state index contributed by atoms with van der Waals surface area (Å²) in [6, 6.07) is -0.198. The van der Waals surface area contributed by atoms with Gasteiger partial charge in [0.2, 0.25) is 0 Å². The average molecular weight is 242 g/mol. The van der Waals surface area contributed by atoms with Crippen LogP contribution in [0.4, 0.5) is 0 Å². The lowest BCUT2D eigenvalue weighted by Gasteiger charge is -2.23. The highest BCUT2D eigenvalue weighted by Gasteiger charge is 2.21. The van der Waals surface area contributed by atoms with Gasteiger partial charge in [-0.05, 0) is 19.3 Å². The van der Waals surface area contributed by atoms with Crippen molar-refractivity contribution in [3.05, 3.63) is 0 Å². The summed E-state index contributed by atoms with van der Waals surface area (Å²) in [5.74, 6) is -1.22. The second-order valence-electron chi connectivity index (χ2n) is 4.57. The molecule has 0 aromatic rings. The third kappa shape index (κ3) is 4.73. The zero-order valence-electron chi connectivity index (χ0n) is 10.4. The lowest BCUT2D eigenvalue weighted by Crippen LogP contribution is -2.48. The van der Waals surface area contributed by atoms with Crippen LogP contribution in [0.25, 0.3) is 0 Å². The standard InChI is InChI=1S/C12H22N2O3/c1-2-9(8-15)13-11(16)12(17)14-10-6-4-3-5-7-10/h9-10,15H,2-8H2,1H3,(H,13,16)(H,14,17)/t9-/m1/s1. The molecule has 0 aromatic carbocycles. The van der Waals surface area contributed by atoms with E-state index in [0.29, 0.717) is 6.42 Å². The fourth-order valence-corrected chi connectivity index (χ4v) is 2.03. The summed E-state index contributed by atoms with van der Waals surface area (Å²) >= 11 is 0. The van der Waals surface area contributed by atoms with Crippen LogP contribution in [0.15, 0.2) is 0 Å². The van der Waals surface area contributed by atoms with Gasteiger partial charge in [0.1, 0.15) is 0 Å². The van der Waals surface area contributed by atoms with E-state index in [0.717, 1.165) is 25.7 Å². The second kappa shape index (κ2) is 7.27. The molecule has 1 fully saturated rings. The number of rotatable bonds is 4. The highest BCUT2D eigenvalue weighted by molar-refractivity contribution is 6.35. The van der Waals surface area contributed by atoms with Crippen molar-refractivity contribution < 1.29 is 14.7 Å². The first-order valence-corrected chi connectivity index (χ1v) is 6.39. The molecule has 1 aliphatic carbocycles. The molecule has 1 rings (SSSR count). The Labute approximate surface area is 102 Å². The number of aliphatic hydroxyl groups is 1. The highest BCUT2D eigenvalue weighted by atomic mass is 16.3. The minimum atomic E-state index is -0.642. The van der Waals surface area contributed by atoms with E-state index in [2.05, 4.69) is 10.6 Å². The first-order chi connectivity index (χ1) is 8.17. The molecule has 1 saturated carbocycles. The van der Waals surface area contributed by atoms with Gasteiger partial charge in [-0.25, -0.2) is 0 Å². The van der Waals surface area contributed by atoms with Crippen LogP contribution in [0.1, 0.15) is 45.4 Å².